The first kappa shape index (κ1) is 31.4. The first-order chi connectivity index (χ1) is 19.3. The lowest BCUT2D eigenvalue weighted by atomic mass is 10.2. The molecule has 2 atom stereocenters. The van der Waals surface area contributed by atoms with E-state index in [1.54, 1.807) is 48.5 Å². The van der Waals surface area contributed by atoms with Crippen LogP contribution in [0.5, 0.6) is 5.75 Å². The minimum Gasteiger partial charge on any atom is -0.453 e. The second kappa shape index (κ2) is 17.6. The standard InChI is InChI=1S/C17H18N2O2.C13H18N2O4/c1-13(19-17(21)15-10-6-3-7-11-15)12-18-16(20)14-8-4-2-5-9-14;1-3-10(15-13(17)18-2)9-14-12(16)19-11-7-5-4-6-8-11/h2-11,13H,12H2,1H3,(H,18,20)(H,19,21);4-8,10H,3,9H2,1-2H3,(H,14,16)(H,15,17). The number of hydrogen-bond donors (Lipinski definition) is 4. The molecule has 0 spiro atoms. The van der Waals surface area contributed by atoms with E-state index in [4.69, 9.17) is 4.74 Å². The number of methoxy groups -OCH3 is 1. The van der Waals surface area contributed by atoms with E-state index in [2.05, 4.69) is 26.0 Å². The van der Waals surface area contributed by atoms with Crippen molar-refractivity contribution in [1.29, 1.82) is 0 Å². The summed E-state index contributed by atoms with van der Waals surface area (Å²) in [4.78, 5) is 46.4. The predicted octanol–water partition coefficient (Wildman–Crippen LogP) is 4.14. The van der Waals surface area contributed by atoms with Crippen LogP contribution in [0.15, 0.2) is 91.0 Å². The molecule has 2 unspecified atom stereocenters. The highest BCUT2D eigenvalue weighted by molar-refractivity contribution is 5.95. The SMILES string of the molecule is CC(CNC(=O)c1ccccc1)NC(=O)c1ccccc1.CCC(CNC(=O)Oc1ccccc1)NC(=O)OC. The van der Waals surface area contributed by atoms with E-state index in [1.165, 1.54) is 7.11 Å². The Morgan fingerprint density at radius 2 is 1.20 bits per heavy atom. The second-order valence-corrected chi connectivity index (χ2v) is 8.64. The molecule has 212 valence electrons. The maximum atomic E-state index is 11.9. The van der Waals surface area contributed by atoms with Crippen molar-refractivity contribution in [2.75, 3.05) is 20.2 Å². The van der Waals surface area contributed by atoms with Crippen molar-refractivity contribution >= 4 is 24.0 Å². The highest BCUT2D eigenvalue weighted by atomic mass is 16.6. The molecular weight excluding hydrogens is 512 g/mol. The fraction of sp³-hybridized carbons (Fsp3) is 0.267. The van der Waals surface area contributed by atoms with Gasteiger partial charge >= 0.3 is 12.2 Å². The zero-order valence-corrected chi connectivity index (χ0v) is 22.9. The molecule has 0 bridgehead atoms. The van der Waals surface area contributed by atoms with E-state index in [0.717, 1.165) is 0 Å². The average Bonchev–Trinajstić information content (AvgIpc) is 2.99. The number of nitrogens with one attached hydrogen (secondary N) is 4. The van der Waals surface area contributed by atoms with Gasteiger partial charge in [0.05, 0.1) is 7.11 Å². The van der Waals surface area contributed by atoms with Crippen molar-refractivity contribution in [3.05, 3.63) is 102 Å². The number of hydrogen-bond acceptors (Lipinski definition) is 6. The maximum Gasteiger partial charge on any atom is 0.412 e. The summed E-state index contributed by atoms with van der Waals surface area (Å²) < 4.78 is 9.54. The van der Waals surface area contributed by atoms with Crippen molar-refractivity contribution < 1.29 is 28.7 Å². The minimum absolute atomic E-state index is 0.142. The maximum absolute atomic E-state index is 11.9. The van der Waals surface area contributed by atoms with E-state index in [9.17, 15) is 19.2 Å². The van der Waals surface area contributed by atoms with Crippen LogP contribution in [-0.2, 0) is 4.74 Å². The van der Waals surface area contributed by atoms with E-state index < -0.39 is 12.2 Å². The fourth-order valence-electron chi connectivity index (χ4n) is 3.25. The summed E-state index contributed by atoms with van der Waals surface area (Å²) in [6.45, 7) is 4.40. The van der Waals surface area contributed by atoms with Gasteiger partial charge in [0.25, 0.3) is 11.8 Å². The summed E-state index contributed by atoms with van der Waals surface area (Å²) >= 11 is 0. The third-order valence-electron chi connectivity index (χ3n) is 5.46. The lowest BCUT2D eigenvalue weighted by Crippen LogP contribution is -2.43. The molecule has 0 fully saturated rings. The number of rotatable bonds is 10. The molecule has 0 aromatic heterocycles. The van der Waals surface area contributed by atoms with E-state index in [-0.39, 0.29) is 30.4 Å². The van der Waals surface area contributed by atoms with Gasteiger partial charge in [-0.15, -0.1) is 0 Å². The Hall–Kier alpha value is -4.86. The van der Waals surface area contributed by atoms with E-state index >= 15 is 0 Å². The smallest absolute Gasteiger partial charge is 0.412 e. The number of benzene rings is 3. The number of amides is 4. The minimum atomic E-state index is -0.559. The molecule has 40 heavy (non-hydrogen) atoms. The van der Waals surface area contributed by atoms with E-state index in [1.807, 2.05) is 56.3 Å². The molecule has 3 rings (SSSR count). The van der Waals surface area contributed by atoms with Crippen molar-refractivity contribution in [2.24, 2.45) is 0 Å². The first-order valence-corrected chi connectivity index (χ1v) is 12.9. The molecule has 4 N–H and O–H groups in total. The summed E-state index contributed by atoms with van der Waals surface area (Å²) in [5.41, 5.74) is 1.22. The molecule has 4 amide bonds. The lowest BCUT2D eigenvalue weighted by Gasteiger charge is -2.16. The van der Waals surface area contributed by atoms with Gasteiger partial charge in [-0.25, -0.2) is 9.59 Å². The zero-order valence-electron chi connectivity index (χ0n) is 22.9. The summed E-state index contributed by atoms with van der Waals surface area (Å²) in [6.07, 6.45) is -0.415. The summed E-state index contributed by atoms with van der Waals surface area (Å²) in [6, 6.07) is 26.4. The van der Waals surface area contributed by atoms with Crippen LogP contribution < -0.4 is 26.0 Å². The lowest BCUT2D eigenvalue weighted by molar-refractivity contribution is 0.0912. The van der Waals surface area contributed by atoms with Gasteiger partial charge in [-0.3, -0.25) is 9.59 Å². The number of para-hydroxylation sites is 1. The number of carbonyl (C=O) groups is 4. The molecule has 0 heterocycles. The van der Waals surface area contributed by atoms with Gasteiger partial charge in [-0.1, -0.05) is 61.5 Å². The predicted molar refractivity (Wildman–Crippen MR) is 152 cm³/mol. The third kappa shape index (κ3) is 12.1. The number of ether oxygens (including phenoxy) is 2. The monoisotopic (exact) mass is 548 g/mol. The van der Waals surface area contributed by atoms with Crippen molar-refractivity contribution in [3.63, 3.8) is 0 Å². The summed E-state index contributed by atoms with van der Waals surface area (Å²) in [5, 5.41) is 10.8. The average molecular weight is 549 g/mol. The third-order valence-corrected chi connectivity index (χ3v) is 5.46. The highest BCUT2D eigenvalue weighted by Gasteiger charge is 2.13. The Kier molecular flexibility index (Phi) is 13.8. The number of carbonyl (C=O) groups excluding carboxylic acids is 4. The van der Waals surface area contributed by atoms with Crippen LogP contribution in [0.1, 0.15) is 41.0 Å². The molecule has 0 aliphatic carbocycles. The van der Waals surface area contributed by atoms with Gasteiger partial charge in [0.1, 0.15) is 5.75 Å². The van der Waals surface area contributed by atoms with Crippen molar-refractivity contribution in [3.8, 4) is 5.75 Å². The Labute approximate surface area is 234 Å². The molecule has 3 aromatic carbocycles. The van der Waals surface area contributed by atoms with Crippen LogP contribution >= 0.6 is 0 Å². The van der Waals surface area contributed by atoms with Crippen molar-refractivity contribution in [2.45, 2.75) is 32.4 Å². The molecule has 0 aliphatic rings. The largest absolute Gasteiger partial charge is 0.453 e. The molecule has 0 saturated heterocycles. The van der Waals surface area contributed by atoms with Crippen molar-refractivity contribution in [1.82, 2.24) is 21.3 Å². The van der Waals surface area contributed by atoms with Crippen LogP contribution in [0.25, 0.3) is 0 Å². The highest BCUT2D eigenvalue weighted by Crippen LogP contribution is 2.08. The first-order valence-electron chi connectivity index (χ1n) is 12.9. The Morgan fingerprint density at radius 3 is 1.73 bits per heavy atom. The topological polar surface area (TPSA) is 135 Å². The molecule has 0 saturated carbocycles. The molecular formula is C30H36N4O6. The normalized spacial score (nSPS) is 11.4. The summed E-state index contributed by atoms with van der Waals surface area (Å²) in [5.74, 6) is 0.183. The van der Waals surface area contributed by atoms with Crippen LogP contribution in [0.2, 0.25) is 0 Å². The van der Waals surface area contributed by atoms with Gasteiger partial charge in [0.15, 0.2) is 0 Å². The summed E-state index contributed by atoms with van der Waals surface area (Å²) in [7, 11) is 1.29. The molecule has 3 aromatic rings. The van der Waals surface area contributed by atoms with E-state index in [0.29, 0.717) is 29.8 Å². The fourth-order valence-corrected chi connectivity index (χ4v) is 3.25. The van der Waals surface area contributed by atoms with Crippen LogP contribution in [-0.4, -0.2) is 56.3 Å². The van der Waals surface area contributed by atoms with Gasteiger partial charge in [0.2, 0.25) is 0 Å². The quantitative estimate of drug-likeness (QED) is 0.301. The van der Waals surface area contributed by atoms with Gasteiger partial charge < -0.3 is 30.7 Å². The van der Waals surface area contributed by atoms with Gasteiger partial charge in [0, 0.05) is 36.3 Å². The Morgan fingerprint density at radius 1 is 0.675 bits per heavy atom. The Balaban J connectivity index is 0.000000282. The van der Waals surface area contributed by atoms with Crippen LogP contribution in [0.4, 0.5) is 9.59 Å². The molecule has 0 radical (unpaired) electrons. The van der Waals surface area contributed by atoms with Crippen LogP contribution in [0, 0.1) is 0 Å². The number of alkyl carbamates (subject to hydrolysis) is 1. The van der Waals surface area contributed by atoms with Crippen LogP contribution in [0.3, 0.4) is 0 Å². The molecule has 10 heteroatoms. The van der Waals surface area contributed by atoms with Gasteiger partial charge in [-0.2, -0.15) is 0 Å². The second-order valence-electron chi connectivity index (χ2n) is 8.64. The zero-order chi connectivity index (χ0) is 29.2. The van der Waals surface area contributed by atoms with Gasteiger partial charge in [-0.05, 0) is 49.7 Å². The Bertz CT molecular complexity index is 1190. The molecule has 10 nitrogen and oxygen atoms in total. The molecule has 0 aliphatic heterocycles.